The molecule has 0 aliphatic carbocycles. The number of nitrogens with zero attached hydrogens (tertiary/aromatic N) is 1. The molecule has 1 aliphatic heterocycles. The van der Waals surface area contributed by atoms with Crippen LogP contribution in [-0.2, 0) is 19.4 Å². The number of unbranched alkanes of at least 4 members (excludes halogenated alkanes) is 2. The van der Waals surface area contributed by atoms with Crippen LogP contribution in [0.1, 0.15) is 52.4 Å². The minimum absolute atomic E-state index is 0.0285. The van der Waals surface area contributed by atoms with Crippen LogP contribution in [0.25, 0.3) is 0 Å². The average Bonchev–Trinajstić information content (AvgIpc) is 3.00. The topological polar surface area (TPSA) is 72.9 Å². The van der Waals surface area contributed by atoms with Gasteiger partial charge in [0.2, 0.25) is 5.83 Å². The Morgan fingerprint density at radius 1 is 1.14 bits per heavy atom. The van der Waals surface area contributed by atoms with E-state index in [1.54, 1.807) is 6.07 Å². The van der Waals surface area contributed by atoms with Gasteiger partial charge in [-0.15, -0.1) is 11.8 Å². The van der Waals surface area contributed by atoms with Gasteiger partial charge in [-0.05, 0) is 37.3 Å². The van der Waals surface area contributed by atoms with Crippen molar-refractivity contribution in [3.05, 3.63) is 54.6 Å². The summed E-state index contributed by atoms with van der Waals surface area (Å²) in [6, 6.07) is 13.1. The summed E-state index contributed by atoms with van der Waals surface area (Å²) in [5.41, 5.74) is 1.07. The highest BCUT2D eigenvalue weighted by atomic mass is 32.2. The van der Waals surface area contributed by atoms with Crippen molar-refractivity contribution < 1.29 is 27.1 Å². The minimum atomic E-state index is -3.73. The van der Waals surface area contributed by atoms with Crippen molar-refractivity contribution in [3.8, 4) is 5.75 Å². The number of rotatable bonds is 11. The van der Waals surface area contributed by atoms with Crippen molar-refractivity contribution >= 4 is 38.9 Å². The van der Waals surface area contributed by atoms with Gasteiger partial charge in [-0.3, -0.25) is 0 Å². The molecule has 37 heavy (non-hydrogen) atoms. The van der Waals surface area contributed by atoms with Gasteiger partial charge in [-0.2, -0.15) is 4.39 Å². The summed E-state index contributed by atoms with van der Waals surface area (Å²) in [6.45, 7) is 4.82. The molecule has 3 rings (SSSR count). The van der Waals surface area contributed by atoms with E-state index in [1.165, 1.54) is 17.8 Å². The summed E-state index contributed by atoms with van der Waals surface area (Å²) >= 11 is 1.35. The van der Waals surface area contributed by atoms with Crippen LogP contribution in [0.4, 0.5) is 15.8 Å². The van der Waals surface area contributed by atoms with Gasteiger partial charge in [0, 0.05) is 23.7 Å². The molecule has 0 spiro atoms. The molecule has 2 aromatic carbocycles. The molecule has 0 amide bonds. The Hall–Kier alpha value is -2.52. The normalized spacial score (nSPS) is 16.6. The van der Waals surface area contributed by atoms with E-state index in [2.05, 4.69) is 23.5 Å². The zero-order valence-corrected chi connectivity index (χ0v) is 23.6. The predicted molar refractivity (Wildman–Crippen MR) is 147 cm³/mol. The fourth-order valence-electron chi connectivity index (χ4n) is 4.82. The van der Waals surface area contributed by atoms with Gasteiger partial charge in [0.1, 0.15) is 12.0 Å². The van der Waals surface area contributed by atoms with Crippen LogP contribution in [0.5, 0.6) is 5.75 Å². The van der Waals surface area contributed by atoms with Crippen LogP contribution >= 0.6 is 11.8 Å². The maximum atomic E-state index is 14.0. The lowest BCUT2D eigenvalue weighted by Gasteiger charge is -2.37. The number of esters is 1. The minimum Gasteiger partial charge on any atom is -0.464 e. The zero-order chi connectivity index (χ0) is 27.1. The monoisotopic (exact) mass is 549 g/mol. The van der Waals surface area contributed by atoms with Gasteiger partial charge in [0.15, 0.2) is 9.84 Å². The number of sulfone groups is 1. The molecule has 9 heteroatoms. The number of halogens is 1. The molecule has 6 nitrogen and oxygen atoms in total. The first-order valence-electron chi connectivity index (χ1n) is 12.6. The first-order chi connectivity index (χ1) is 17.7. The number of hydrogen-bond acceptors (Lipinski definition) is 7. The number of methoxy groups -OCH3 is 1. The van der Waals surface area contributed by atoms with E-state index in [9.17, 15) is 17.6 Å². The summed E-state index contributed by atoms with van der Waals surface area (Å²) in [7, 11) is -2.66. The molecule has 2 aromatic rings. The molecule has 0 radical (unpaired) electrons. The van der Waals surface area contributed by atoms with E-state index in [1.807, 2.05) is 36.6 Å². The summed E-state index contributed by atoms with van der Waals surface area (Å²) in [5.74, 6) is -2.19. The van der Waals surface area contributed by atoms with Gasteiger partial charge >= 0.3 is 5.97 Å². The lowest BCUT2D eigenvalue weighted by Crippen LogP contribution is -2.38. The van der Waals surface area contributed by atoms with Crippen LogP contribution in [0.15, 0.2) is 64.3 Å². The molecule has 0 N–H and O–H groups in total. The van der Waals surface area contributed by atoms with Gasteiger partial charge < -0.3 is 14.4 Å². The molecule has 0 fully saturated rings. The predicted octanol–water partition coefficient (Wildman–Crippen LogP) is 7.06. The van der Waals surface area contributed by atoms with Gasteiger partial charge in [-0.1, -0.05) is 57.7 Å². The second-order valence-corrected chi connectivity index (χ2v) is 12.2. The standard InChI is InChI=1S/C28H36FNO5S2/c1-5-7-14-28(15-8-6-2)19-30(21-12-10-9-11-13-21)23-16-25(36-4)24(17-26(23)37(32,33)20-28)35-18-22(29)27(31)34-3/h9-13,16-18H,5-8,14-15,19-20H2,1-4H3/b22-18-. The van der Waals surface area contributed by atoms with Crippen LogP contribution in [0, 0.1) is 5.41 Å². The van der Waals surface area contributed by atoms with Crippen molar-refractivity contribution in [2.24, 2.45) is 5.41 Å². The van der Waals surface area contributed by atoms with E-state index in [-0.39, 0.29) is 16.4 Å². The van der Waals surface area contributed by atoms with Crippen LogP contribution < -0.4 is 9.64 Å². The van der Waals surface area contributed by atoms with Gasteiger partial charge in [-0.25, -0.2) is 13.2 Å². The number of hydrogen-bond donors (Lipinski definition) is 0. The Bertz CT molecular complexity index is 1210. The second-order valence-electron chi connectivity index (χ2n) is 9.43. The summed E-state index contributed by atoms with van der Waals surface area (Å²) < 4.78 is 51.9. The second kappa shape index (κ2) is 12.8. The fourth-order valence-corrected chi connectivity index (χ4v) is 7.47. The molecular weight excluding hydrogens is 513 g/mol. The number of anilines is 2. The third-order valence-corrected chi connectivity index (χ3v) is 9.47. The van der Waals surface area contributed by atoms with Crippen LogP contribution in [-0.4, -0.2) is 40.1 Å². The molecular formula is C28H36FNO5S2. The molecule has 0 saturated carbocycles. The summed E-state index contributed by atoms with van der Waals surface area (Å²) in [4.78, 5) is 14.3. The van der Waals surface area contributed by atoms with Crippen molar-refractivity contribution in [2.45, 2.75) is 62.2 Å². The maximum absolute atomic E-state index is 14.0. The third-order valence-electron chi connectivity index (χ3n) is 6.72. The van der Waals surface area contributed by atoms with Crippen molar-refractivity contribution in [2.75, 3.05) is 30.6 Å². The molecule has 0 atom stereocenters. The van der Waals surface area contributed by atoms with Crippen molar-refractivity contribution in [3.63, 3.8) is 0 Å². The Morgan fingerprint density at radius 3 is 2.35 bits per heavy atom. The lowest BCUT2D eigenvalue weighted by atomic mass is 9.79. The SMILES string of the molecule is CCCCC1(CCCC)CN(c2ccccc2)c2cc(SC)c(O/C=C(\F)C(=O)OC)cc2S(=O)(=O)C1. The number of fused-ring (bicyclic) bond motifs is 1. The Kier molecular flexibility index (Phi) is 10.1. The first-order valence-corrected chi connectivity index (χ1v) is 15.5. The highest BCUT2D eigenvalue weighted by Gasteiger charge is 2.42. The van der Waals surface area contributed by atoms with E-state index in [4.69, 9.17) is 4.74 Å². The van der Waals surface area contributed by atoms with E-state index in [0.29, 0.717) is 23.4 Å². The quantitative estimate of drug-likeness (QED) is 0.129. The highest BCUT2D eigenvalue weighted by molar-refractivity contribution is 7.98. The highest BCUT2D eigenvalue weighted by Crippen LogP contribution is 2.47. The van der Waals surface area contributed by atoms with Crippen molar-refractivity contribution in [1.29, 1.82) is 0 Å². The van der Waals surface area contributed by atoms with Gasteiger partial charge in [0.25, 0.3) is 0 Å². The Morgan fingerprint density at radius 2 is 1.78 bits per heavy atom. The maximum Gasteiger partial charge on any atom is 0.370 e. The first kappa shape index (κ1) is 29.0. The molecule has 0 aromatic heterocycles. The van der Waals surface area contributed by atoms with Gasteiger partial charge in [0.05, 0.1) is 28.3 Å². The largest absolute Gasteiger partial charge is 0.464 e. The van der Waals surface area contributed by atoms with E-state index >= 15 is 0 Å². The molecule has 1 aliphatic rings. The summed E-state index contributed by atoms with van der Waals surface area (Å²) in [5, 5.41) is 0. The van der Waals surface area contributed by atoms with Crippen LogP contribution in [0.2, 0.25) is 0 Å². The number of para-hydroxylation sites is 1. The molecule has 202 valence electrons. The number of ether oxygens (including phenoxy) is 2. The Labute approximate surface area is 224 Å². The van der Waals surface area contributed by atoms with E-state index in [0.717, 1.165) is 51.3 Å². The number of carbonyl (C=O) groups excluding carboxylic acids is 1. The number of thioether (sulfide) groups is 1. The third kappa shape index (κ3) is 6.87. The van der Waals surface area contributed by atoms with Crippen LogP contribution in [0.3, 0.4) is 0 Å². The average molecular weight is 550 g/mol. The lowest BCUT2D eigenvalue weighted by molar-refractivity contribution is -0.137. The zero-order valence-electron chi connectivity index (χ0n) is 22.0. The molecule has 0 saturated heterocycles. The Balaban J connectivity index is 2.22. The molecule has 0 bridgehead atoms. The number of carbonyl (C=O) groups is 1. The molecule has 1 heterocycles. The van der Waals surface area contributed by atoms with Crippen molar-refractivity contribution in [1.82, 2.24) is 0 Å². The molecule has 0 unspecified atom stereocenters. The fraction of sp³-hybridized carbons (Fsp3) is 0.464. The smallest absolute Gasteiger partial charge is 0.370 e. The number of benzene rings is 2. The van der Waals surface area contributed by atoms with E-state index < -0.39 is 27.0 Å². The summed E-state index contributed by atoms with van der Waals surface area (Å²) in [6.07, 6.45) is 7.97.